The van der Waals surface area contributed by atoms with E-state index in [0.717, 1.165) is 18.0 Å². The minimum absolute atomic E-state index is 0.266. The van der Waals surface area contributed by atoms with Crippen LogP contribution in [0.3, 0.4) is 0 Å². The molecule has 1 aliphatic rings. The molecule has 15 heavy (non-hydrogen) atoms. The predicted molar refractivity (Wildman–Crippen MR) is 55.5 cm³/mol. The average Bonchev–Trinajstić information content (AvgIpc) is 3.05. The molecular weight excluding hydrogens is 191 g/mol. The molecule has 0 bridgehead atoms. The van der Waals surface area contributed by atoms with Gasteiger partial charge in [-0.05, 0) is 43.0 Å². The second kappa shape index (κ2) is 4.41. The lowest BCUT2D eigenvalue weighted by Crippen LogP contribution is -2.22. The summed E-state index contributed by atoms with van der Waals surface area (Å²) in [5.74, 6) is 0.471. The van der Waals surface area contributed by atoms with Crippen LogP contribution < -0.4 is 5.32 Å². The molecule has 1 N–H and O–H groups in total. The van der Waals surface area contributed by atoms with E-state index >= 15 is 0 Å². The number of rotatable bonds is 4. The Bertz CT molecular complexity index is 362. The number of benzene rings is 1. The monoisotopic (exact) mass is 204 g/mol. The highest BCUT2D eigenvalue weighted by Crippen LogP contribution is 2.28. The number of nitrogens with zero attached hydrogens (tertiary/aromatic N) is 1. The smallest absolute Gasteiger partial charge is 0.123 e. The van der Waals surface area contributed by atoms with Gasteiger partial charge in [0.15, 0.2) is 0 Å². The number of halogens is 1. The summed E-state index contributed by atoms with van der Waals surface area (Å²) in [5, 5.41) is 12.2. The van der Waals surface area contributed by atoms with Gasteiger partial charge in [-0.3, -0.25) is 5.32 Å². The first kappa shape index (κ1) is 10.1. The van der Waals surface area contributed by atoms with E-state index in [1.54, 1.807) is 12.1 Å². The van der Waals surface area contributed by atoms with Crippen LogP contribution in [0.25, 0.3) is 0 Å². The molecule has 0 aromatic heterocycles. The van der Waals surface area contributed by atoms with Gasteiger partial charge in [0.05, 0.1) is 6.07 Å². The SMILES string of the molecule is N#CC(NCC1CC1)c1ccc(F)cc1. The minimum Gasteiger partial charge on any atom is -0.298 e. The fraction of sp³-hybridized carbons (Fsp3) is 0.417. The van der Waals surface area contributed by atoms with Crippen LogP contribution in [-0.4, -0.2) is 6.54 Å². The third-order valence-electron chi connectivity index (χ3n) is 2.64. The molecule has 2 rings (SSSR count). The first-order valence-corrected chi connectivity index (χ1v) is 5.18. The molecular formula is C12H13FN2. The molecule has 0 aliphatic heterocycles. The van der Waals surface area contributed by atoms with Crippen LogP contribution in [0.1, 0.15) is 24.4 Å². The molecule has 1 atom stereocenters. The summed E-state index contributed by atoms with van der Waals surface area (Å²) in [6.45, 7) is 0.885. The Kier molecular flexibility index (Phi) is 2.98. The molecule has 0 spiro atoms. The number of nitriles is 1. The van der Waals surface area contributed by atoms with E-state index in [-0.39, 0.29) is 11.9 Å². The second-order valence-electron chi connectivity index (χ2n) is 3.97. The zero-order valence-electron chi connectivity index (χ0n) is 8.41. The van der Waals surface area contributed by atoms with Gasteiger partial charge in [0.2, 0.25) is 0 Å². The second-order valence-corrected chi connectivity index (χ2v) is 3.97. The highest BCUT2D eigenvalue weighted by molar-refractivity contribution is 5.24. The lowest BCUT2D eigenvalue weighted by molar-refractivity contribution is 0.589. The molecule has 0 saturated heterocycles. The first-order chi connectivity index (χ1) is 7.29. The summed E-state index contributed by atoms with van der Waals surface area (Å²) < 4.78 is 12.7. The predicted octanol–water partition coefficient (Wildman–Crippen LogP) is 2.39. The van der Waals surface area contributed by atoms with Crippen molar-refractivity contribution in [1.82, 2.24) is 5.32 Å². The van der Waals surface area contributed by atoms with Crippen molar-refractivity contribution in [2.24, 2.45) is 5.92 Å². The third kappa shape index (κ3) is 2.77. The largest absolute Gasteiger partial charge is 0.298 e. The van der Waals surface area contributed by atoms with E-state index < -0.39 is 0 Å². The molecule has 2 nitrogen and oxygen atoms in total. The molecule has 1 aromatic carbocycles. The van der Waals surface area contributed by atoms with Crippen LogP contribution in [0.2, 0.25) is 0 Å². The van der Waals surface area contributed by atoms with E-state index in [1.165, 1.54) is 25.0 Å². The molecule has 1 fully saturated rings. The van der Waals surface area contributed by atoms with Crippen LogP contribution in [0.15, 0.2) is 24.3 Å². The van der Waals surface area contributed by atoms with Gasteiger partial charge in [0.25, 0.3) is 0 Å². The average molecular weight is 204 g/mol. The number of hydrogen-bond acceptors (Lipinski definition) is 2. The van der Waals surface area contributed by atoms with Crippen LogP contribution in [0, 0.1) is 23.1 Å². The van der Waals surface area contributed by atoms with Crippen molar-refractivity contribution in [2.45, 2.75) is 18.9 Å². The maximum absolute atomic E-state index is 12.7. The van der Waals surface area contributed by atoms with Gasteiger partial charge in [0, 0.05) is 0 Å². The topological polar surface area (TPSA) is 35.8 Å². The van der Waals surface area contributed by atoms with Gasteiger partial charge in [-0.2, -0.15) is 5.26 Å². The molecule has 1 aliphatic carbocycles. The van der Waals surface area contributed by atoms with E-state index in [9.17, 15) is 4.39 Å². The Hall–Kier alpha value is -1.40. The van der Waals surface area contributed by atoms with Crippen molar-refractivity contribution in [1.29, 1.82) is 5.26 Å². The van der Waals surface area contributed by atoms with Crippen LogP contribution >= 0.6 is 0 Å². The lowest BCUT2D eigenvalue weighted by atomic mass is 10.1. The van der Waals surface area contributed by atoms with E-state index in [4.69, 9.17) is 5.26 Å². The Morgan fingerprint density at radius 3 is 2.60 bits per heavy atom. The summed E-state index contributed by atoms with van der Waals surface area (Å²) in [7, 11) is 0. The minimum atomic E-state index is -0.314. The molecule has 0 radical (unpaired) electrons. The Morgan fingerprint density at radius 1 is 1.40 bits per heavy atom. The number of hydrogen-bond donors (Lipinski definition) is 1. The summed E-state index contributed by atoms with van der Waals surface area (Å²) >= 11 is 0. The normalized spacial score (nSPS) is 17.1. The summed E-state index contributed by atoms with van der Waals surface area (Å²) in [6.07, 6.45) is 2.52. The van der Waals surface area contributed by atoms with Crippen molar-refractivity contribution >= 4 is 0 Å². The van der Waals surface area contributed by atoms with Crippen molar-refractivity contribution in [2.75, 3.05) is 6.54 Å². The van der Waals surface area contributed by atoms with Crippen LogP contribution in [-0.2, 0) is 0 Å². The lowest BCUT2D eigenvalue weighted by Gasteiger charge is -2.10. The van der Waals surface area contributed by atoms with Gasteiger partial charge in [0.1, 0.15) is 11.9 Å². The Morgan fingerprint density at radius 2 is 2.07 bits per heavy atom. The van der Waals surface area contributed by atoms with Crippen LogP contribution in [0.5, 0.6) is 0 Å². The molecule has 1 saturated carbocycles. The summed E-state index contributed by atoms with van der Waals surface area (Å²) in [4.78, 5) is 0. The molecule has 78 valence electrons. The standard InChI is InChI=1S/C12H13FN2/c13-11-5-3-10(4-6-11)12(7-14)15-8-9-1-2-9/h3-6,9,12,15H,1-2,8H2. The van der Waals surface area contributed by atoms with Gasteiger partial charge < -0.3 is 0 Å². The molecule has 3 heteroatoms. The van der Waals surface area contributed by atoms with Gasteiger partial charge in [-0.1, -0.05) is 12.1 Å². The van der Waals surface area contributed by atoms with Gasteiger partial charge in [-0.25, -0.2) is 4.39 Å². The third-order valence-corrected chi connectivity index (χ3v) is 2.64. The summed E-state index contributed by atoms with van der Waals surface area (Å²) in [5.41, 5.74) is 0.833. The zero-order chi connectivity index (χ0) is 10.7. The highest BCUT2D eigenvalue weighted by Gasteiger charge is 2.22. The van der Waals surface area contributed by atoms with Crippen LogP contribution in [0.4, 0.5) is 4.39 Å². The van der Waals surface area contributed by atoms with Gasteiger partial charge >= 0.3 is 0 Å². The first-order valence-electron chi connectivity index (χ1n) is 5.18. The maximum atomic E-state index is 12.7. The molecule has 1 aromatic rings. The Balaban J connectivity index is 1.98. The fourth-order valence-corrected chi connectivity index (χ4v) is 1.50. The van der Waals surface area contributed by atoms with E-state index in [0.29, 0.717) is 0 Å². The molecule has 0 amide bonds. The van der Waals surface area contributed by atoms with Crippen molar-refractivity contribution in [3.8, 4) is 6.07 Å². The molecule has 1 unspecified atom stereocenters. The highest BCUT2D eigenvalue weighted by atomic mass is 19.1. The zero-order valence-corrected chi connectivity index (χ0v) is 8.41. The van der Waals surface area contributed by atoms with Crippen molar-refractivity contribution in [3.63, 3.8) is 0 Å². The Labute approximate surface area is 88.7 Å². The molecule has 0 heterocycles. The maximum Gasteiger partial charge on any atom is 0.123 e. The van der Waals surface area contributed by atoms with E-state index in [1.807, 2.05) is 0 Å². The van der Waals surface area contributed by atoms with Gasteiger partial charge in [-0.15, -0.1) is 0 Å². The van der Waals surface area contributed by atoms with Crippen molar-refractivity contribution < 1.29 is 4.39 Å². The fourth-order valence-electron chi connectivity index (χ4n) is 1.50. The quantitative estimate of drug-likeness (QED) is 0.817. The number of nitrogens with one attached hydrogen (secondary N) is 1. The van der Waals surface area contributed by atoms with Crippen molar-refractivity contribution in [3.05, 3.63) is 35.6 Å². The van der Waals surface area contributed by atoms with E-state index in [2.05, 4.69) is 11.4 Å². The summed E-state index contributed by atoms with van der Waals surface area (Å²) in [6, 6.07) is 7.96.